The number of nitro benzene ring substituents is 1. The van der Waals surface area contributed by atoms with Crippen molar-refractivity contribution in [1.82, 2.24) is 59.8 Å². The molecule has 0 unspecified atom stereocenters. The second-order valence-corrected chi connectivity index (χ2v) is 30.5. The van der Waals surface area contributed by atoms with Gasteiger partial charge in [-0.05, 0) is 229 Å². The summed E-state index contributed by atoms with van der Waals surface area (Å²) >= 11 is 0. The van der Waals surface area contributed by atoms with E-state index in [4.69, 9.17) is 64.6 Å². The lowest BCUT2D eigenvalue weighted by atomic mass is 9.99. The van der Waals surface area contributed by atoms with Crippen molar-refractivity contribution >= 4 is 112 Å². The number of Topliss-reactive ketones (excluding diaryl/α,β-unsaturated/α-hetero) is 1. The topological polar surface area (TPSA) is 294 Å². The number of aromatic nitrogens is 12. The molecule has 0 saturated carbocycles. The summed E-state index contributed by atoms with van der Waals surface area (Å²) in [7, 11) is 10.8. The first kappa shape index (κ1) is 85.8. The number of nitrogens with two attached hydrogens (primary N) is 1. The van der Waals surface area contributed by atoms with E-state index in [1.807, 2.05) is 161 Å². The van der Waals surface area contributed by atoms with Gasteiger partial charge in [-0.15, -0.1) is 0 Å². The maximum Gasteiger partial charge on any atom is 0.269 e. The minimum Gasteiger partial charge on any atom is -0.497 e. The van der Waals surface area contributed by atoms with E-state index in [1.54, 1.807) is 90.1 Å². The van der Waals surface area contributed by atoms with Gasteiger partial charge in [-0.3, -0.25) is 34.8 Å². The Balaban J connectivity index is 0.000000128. The maximum atomic E-state index is 12.3. The van der Waals surface area contributed by atoms with Crippen LogP contribution in [0.2, 0.25) is 0 Å². The summed E-state index contributed by atoms with van der Waals surface area (Å²) < 4.78 is 21.8. The molecule has 0 spiro atoms. The highest BCUT2D eigenvalue weighted by Crippen LogP contribution is 2.46. The maximum absolute atomic E-state index is 12.3. The summed E-state index contributed by atoms with van der Waals surface area (Å²) in [4.78, 5) is 89.9. The van der Waals surface area contributed by atoms with E-state index in [1.165, 1.54) is 34.1 Å². The molecule has 26 heteroatoms. The molecule has 0 bridgehead atoms. The standard InChI is InChI=1S/C28H28N4O2.C24H23N5O.C22H17N5O3.C22H19N5O.2C2H6/c1-18(2)13-22(33)15-19-6-9-26-20(14-19)10-12-32(26)28-24-16-23(34-3)7-8-25(24)30-27(31-28)21-5-4-11-29-17-21;1-28(2)18-6-9-22-16(13-18)10-12-29(22)24-20-14-19(30-3)7-8-21(20)26-23(27-24)17-5-4-11-25-15-17;1-30-17-5-6-19-18(12-17)22(25-21(24-19)15-3-2-9-23-13-15)26-10-8-14-11-16(27(28)29)4-7-20(14)26;1-28-17-5-6-19-18(12-17)22(26-21(25-19)15-3-2-9-24-13-15)27-10-8-14-11-16(23)4-7-20(14)27;2*1-2/h4-9,11,14,16-18H,10,12-13,15H2,1-3H3;4-9,11,13-15H,10,12H2,1-3H3;2-7,9,11-13H,8,10H2,1H3;2-7,9,11-13H,8,10,23H2,1H3;2*1-2H3. The monoisotopic (exact) mass is 1680 g/mol. The molecule has 12 heterocycles. The number of ketones is 1. The van der Waals surface area contributed by atoms with Gasteiger partial charge >= 0.3 is 0 Å². The van der Waals surface area contributed by atoms with Gasteiger partial charge in [0.15, 0.2) is 23.3 Å². The van der Waals surface area contributed by atoms with Crippen LogP contribution in [0.4, 0.5) is 63.1 Å². The molecule has 0 fully saturated rings. The predicted molar refractivity (Wildman–Crippen MR) is 502 cm³/mol. The first-order valence-electron chi connectivity index (χ1n) is 42.3. The fraction of sp³-hybridized carbons (Fsp3) is 0.230. The number of nitrogens with zero attached hydrogens (tertiary/aromatic N) is 18. The second-order valence-electron chi connectivity index (χ2n) is 30.5. The summed E-state index contributed by atoms with van der Waals surface area (Å²) in [5.41, 5.74) is 25.1. The van der Waals surface area contributed by atoms with Crippen LogP contribution in [0, 0.1) is 16.0 Å². The van der Waals surface area contributed by atoms with Crippen LogP contribution in [0.25, 0.3) is 89.2 Å². The summed E-state index contributed by atoms with van der Waals surface area (Å²) in [5, 5.41) is 14.9. The number of methoxy groups -OCH3 is 4. The number of carbonyl (C=O) groups is 1. The molecular formula is C100H99N19O7. The molecule has 0 aliphatic carbocycles. The first-order valence-corrected chi connectivity index (χ1v) is 42.3. The highest BCUT2D eigenvalue weighted by Gasteiger charge is 2.31. The van der Waals surface area contributed by atoms with Crippen molar-refractivity contribution in [3.05, 3.63) is 282 Å². The molecule has 20 rings (SSSR count). The van der Waals surface area contributed by atoms with Crippen LogP contribution in [0.3, 0.4) is 0 Å². The van der Waals surface area contributed by atoms with Gasteiger partial charge in [-0.2, -0.15) is 0 Å². The smallest absolute Gasteiger partial charge is 0.269 e. The summed E-state index contributed by atoms with van der Waals surface area (Å²) in [6, 6.07) is 62.8. The Morgan fingerprint density at radius 1 is 0.413 bits per heavy atom. The predicted octanol–water partition coefficient (Wildman–Crippen LogP) is 20.3. The number of non-ortho nitro benzene ring substituents is 1. The molecule has 8 aromatic heterocycles. The number of nitrogen functional groups attached to an aromatic ring is 1. The zero-order valence-electron chi connectivity index (χ0n) is 72.7. The molecule has 26 nitrogen and oxygen atoms in total. The zero-order chi connectivity index (χ0) is 88.1. The van der Waals surface area contributed by atoms with Crippen LogP contribution in [-0.2, 0) is 36.9 Å². The normalized spacial score (nSPS) is 12.5. The van der Waals surface area contributed by atoms with Crippen LogP contribution >= 0.6 is 0 Å². The lowest BCUT2D eigenvalue weighted by Gasteiger charge is -2.22. The second kappa shape index (κ2) is 38.9. The van der Waals surface area contributed by atoms with Gasteiger partial charge in [0.1, 0.15) is 52.1 Å². The van der Waals surface area contributed by atoms with Crippen molar-refractivity contribution in [2.45, 2.75) is 80.1 Å². The van der Waals surface area contributed by atoms with Crippen molar-refractivity contribution in [3.63, 3.8) is 0 Å². The average Bonchev–Trinajstić information content (AvgIpc) is 1.57. The fourth-order valence-electron chi connectivity index (χ4n) is 16.0. The molecule has 0 atom stereocenters. The minimum absolute atomic E-state index is 0.0980. The quantitative estimate of drug-likeness (QED) is 0.0474. The lowest BCUT2D eigenvalue weighted by molar-refractivity contribution is -0.384. The summed E-state index contributed by atoms with van der Waals surface area (Å²) in [6.45, 7) is 15.4. The number of anilines is 10. The molecule has 0 amide bonds. The molecule has 126 heavy (non-hydrogen) atoms. The van der Waals surface area contributed by atoms with Crippen molar-refractivity contribution in [2.75, 3.05) is 98.9 Å². The average molecular weight is 1680 g/mol. The Morgan fingerprint density at radius 3 is 1.06 bits per heavy atom. The number of nitro groups is 1. The number of hydrogen-bond acceptors (Lipinski definition) is 25. The number of carbonyl (C=O) groups excluding carboxylic acids is 1. The van der Waals surface area contributed by atoms with Crippen LogP contribution in [0.15, 0.2) is 244 Å². The largest absolute Gasteiger partial charge is 0.497 e. The molecule has 8 aromatic carbocycles. The lowest BCUT2D eigenvalue weighted by Crippen LogP contribution is -2.16. The molecule has 636 valence electrons. The SMILES string of the molecule is CC.CC.COc1ccc2nc(-c3cccnc3)nc(N3CCc4cc(CC(=O)CC(C)C)ccc43)c2c1.COc1ccc2nc(-c3cccnc3)nc(N3CCc4cc(N(C)C)ccc43)c2c1.COc1ccc2nc(-c3cccnc3)nc(N3CCc4cc(N)ccc43)c2c1.COc1ccc2nc(-c3cccnc3)nc(N3CCc4cc([N+](=O)[O-])ccc43)c2c1. The van der Waals surface area contributed by atoms with Gasteiger partial charge in [0.25, 0.3) is 5.69 Å². The van der Waals surface area contributed by atoms with E-state index < -0.39 is 0 Å². The Kier molecular flexibility index (Phi) is 26.5. The van der Waals surface area contributed by atoms with Gasteiger partial charge in [0.05, 0.1) is 55.4 Å². The minimum atomic E-state index is -0.367. The van der Waals surface area contributed by atoms with Crippen LogP contribution in [0.5, 0.6) is 23.0 Å². The Bertz CT molecular complexity index is 6620. The zero-order valence-corrected chi connectivity index (χ0v) is 72.7. The Morgan fingerprint density at radius 2 is 0.738 bits per heavy atom. The van der Waals surface area contributed by atoms with Crippen molar-refractivity contribution in [1.29, 1.82) is 0 Å². The summed E-state index contributed by atoms with van der Waals surface area (Å²) in [5.74, 6) is 9.64. The molecule has 2 N–H and O–H groups in total. The number of ether oxygens (including phenoxy) is 4. The van der Waals surface area contributed by atoms with E-state index in [-0.39, 0.29) is 10.6 Å². The molecule has 4 aliphatic rings. The van der Waals surface area contributed by atoms with Gasteiger partial charge < -0.3 is 49.2 Å². The molecular weight excluding hydrogens is 1580 g/mol. The third-order valence-electron chi connectivity index (χ3n) is 22.0. The van der Waals surface area contributed by atoms with E-state index in [2.05, 4.69) is 115 Å². The number of rotatable bonds is 18. The van der Waals surface area contributed by atoms with E-state index >= 15 is 0 Å². The highest BCUT2D eigenvalue weighted by molar-refractivity contribution is 5.99. The van der Waals surface area contributed by atoms with E-state index in [0.29, 0.717) is 66.6 Å². The number of fused-ring (bicyclic) bond motifs is 8. The Labute approximate surface area is 732 Å². The third-order valence-corrected chi connectivity index (χ3v) is 22.0. The highest BCUT2D eigenvalue weighted by atomic mass is 16.6. The first-order chi connectivity index (χ1) is 61.5. The number of benzene rings is 8. The van der Waals surface area contributed by atoms with Crippen molar-refractivity contribution in [2.24, 2.45) is 5.92 Å². The third kappa shape index (κ3) is 18.6. The fourth-order valence-corrected chi connectivity index (χ4v) is 16.0. The van der Waals surface area contributed by atoms with Gasteiger partial charge in [0.2, 0.25) is 0 Å². The van der Waals surface area contributed by atoms with Crippen LogP contribution < -0.4 is 49.2 Å². The van der Waals surface area contributed by atoms with Crippen molar-refractivity contribution in [3.8, 4) is 68.5 Å². The van der Waals surface area contributed by atoms with Gasteiger partial charge in [-0.1, -0.05) is 53.7 Å². The number of pyridine rings is 4. The number of hydrogen-bond donors (Lipinski definition) is 1. The molecule has 4 aliphatic heterocycles. The van der Waals surface area contributed by atoms with E-state index in [9.17, 15) is 14.9 Å². The van der Waals surface area contributed by atoms with Gasteiger partial charge in [0, 0.05) is 193 Å². The van der Waals surface area contributed by atoms with Crippen LogP contribution in [0.1, 0.15) is 75.8 Å². The van der Waals surface area contributed by atoms with E-state index in [0.717, 1.165) is 179 Å². The Hall–Kier alpha value is -15.2. The molecule has 0 radical (unpaired) electrons. The van der Waals surface area contributed by atoms with Gasteiger partial charge in [-0.25, -0.2) is 39.9 Å². The molecule has 16 aromatic rings. The summed E-state index contributed by atoms with van der Waals surface area (Å²) in [6.07, 6.45) is 18.7. The van der Waals surface area contributed by atoms with Crippen LogP contribution in [-0.4, -0.2) is 139 Å². The van der Waals surface area contributed by atoms with Crippen molar-refractivity contribution < 1.29 is 28.7 Å². The molecule has 0 saturated heterocycles.